The molecule has 552 valence electrons. The van der Waals surface area contributed by atoms with Crippen LogP contribution in [-0.4, -0.2) is 88.1 Å². The molecule has 0 aliphatic heterocycles. The molecule has 0 aromatic rings. The van der Waals surface area contributed by atoms with Gasteiger partial charge in [0.2, 0.25) is 0 Å². The van der Waals surface area contributed by atoms with Crippen molar-refractivity contribution in [1.82, 2.24) is 20.4 Å². The molecule has 0 atom stereocenters. The minimum absolute atomic E-state index is 0.186. The normalized spacial score (nSPS) is 13.1. The van der Waals surface area contributed by atoms with E-state index in [1.54, 1.807) is 0 Å². The zero-order valence-electron chi connectivity index (χ0n) is 64.1. The molecule has 8 nitrogen and oxygen atoms in total. The van der Waals surface area contributed by atoms with Crippen molar-refractivity contribution >= 4 is 12.2 Å². The molecule has 0 aliphatic rings. The maximum absolute atomic E-state index is 13.1. The van der Waals surface area contributed by atoms with Crippen LogP contribution in [0.15, 0.2) is 97.2 Å². The first kappa shape index (κ1) is 91.4. The second-order valence-corrected chi connectivity index (χ2v) is 28.2. The summed E-state index contributed by atoms with van der Waals surface area (Å²) in [6.07, 6.45) is 104. The monoisotopic (exact) mass is 1330 g/mol. The number of unbranched alkanes of at least 4 members (excludes halogenated alkanes) is 36. The number of rotatable bonds is 74. The van der Waals surface area contributed by atoms with Gasteiger partial charge in [-0.15, -0.1) is 0 Å². The number of carbonyl (C=O) groups excluding carboxylic acids is 2. The van der Waals surface area contributed by atoms with Gasteiger partial charge in [-0.2, -0.15) is 0 Å². The smallest absolute Gasteiger partial charge is 0.407 e. The van der Waals surface area contributed by atoms with Gasteiger partial charge in [-0.3, -0.25) is 0 Å². The number of carbonyl (C=O) groups is 2. The van der Waals surface area contributed by atoms with Gasteiger partial charge in [-0.1, -0.05) is 305 Å². The van der Waals surface area contributed by atoms with Crippen LogP contribution in [0.2, 0.25) is 0 Å². The van der Waals surface area contributed by atoms with Crippen LogP contribution in [-0.2, 0) is 9.47 Å². The van der Waals surface area contributed by atoms with Crippen molar-refractivity contribution in [2.45, 2.75) is 380 Å². The number of nitrogens with one attached hydrogen (secondary N) is 2. The molecule has 0 bridgehead atoms. The molecule has 2 amide bonds. The Morgan fingerprint density at radius 1 is 0.295 bits per heavy atom. The number of amides is 2. The molecular weight excluding hydrogens is 1160 g/mol. The molecule has 0 aliphatic carbocycles. The van der Waals surface area contributed by atoms with Crippen molar-refractivity contribution in [3.63, 3.8) is 0 Å². The summed E-state index contributed by atoms with van der Waals surface area (Å²) in [6.45, 7) is 14.3. The summed E-state index contributed by atoms with van der Waals surface area (Å²) in [5, 5.41) is 6.47. The molecule has 95 heavy (non-hydrogen) atoms. The van der Waals surface area contributed by atoms with Crippen molar-refractivity contribution in [2.24, 2.45) is 5.92 Å². The standard InChI is InChI=1S/C87H160N4O4/c1-7-11-15-19-23-27-31-35-39-43-47-51-55-59-63-67-73-84(74-68-64-60-56-52-48-44-40-36-32-28-24-20-16-12-8-2)83-88-86(92)94-81-71-77-90(5)79-80-91(6)78-72-82-95-87(93)89-85(75-69-65-61-57-53-49-45-41-37-33-29-25-21-17-13-9-3)76-70-66-62-58-54-50-46-42-38-34-30-26-22-18-14-10-4/h23-30,35-42,84-85H,7-22,31-34,43-83H2,1-6H3,(H,88,92)(H,89,93). The molecule has 0 saturated carbocycles. The summed E-state index contributed by atoms with van der Waals surface area (Å²) in [4.78, 5) is 30.7. The maximum Gasteiger partial charge on any atom is 0.407 e. The van der Waals surface area contributed by atoms with Gasteiger partial charge < -0.3 is 29.9 Å². The average molecular weight is 1330 g/mol. The van der Waals surface area contributed by atoms with E-state index in [1.165, 1.54) is 283 Å². The zero-order valence-corrected chi connectivity index (χ0v) is 64.1. The van der Waals surface area contributed by atoms with E-state index in [4.69, 9.17) is 9.47 Å². The van der Waals surface area contributed by atoms with Gasteiger partial charge in [-0.25, -0.2) is 9.59 Å². The Morgan fingerprint density at radius 3 is 0.842 bits per heavy atom. The fourth-order valence-electron chi connectivity index (χ4n) is 12.3. The van der Waals surface area contributed by atoms with Crippen LogP contribution in [0.3, 0.4) is 0 Å². The summed E-state index contributed by atoms with van der Waals surface area (Å²) in [5.41, 5.74) is 0. The fraction of sp³-hybridized carbons (Fsp3) is 0.793. The number of allylic oxidation sites excluding steroid dienone is 16. The lowest BCUT2D eigenvalue weighted by molar-refractivity contribution is 0.131. The first-order chi connectivity index (χ1) is 46.9. The number of hydrogen-bond acceptors (Lipinski definition) is 6. The van der Waals surface area contributed by atoms with Crippen molar-refractivity contribution in [2.75, 3.05) is 60.0 Å². The van der Waals surface area contributed by atoms with E-state index in [-0.39, 0.29) is 18.2 Å². The van der Waals surface area contributed by atoms with Gasteiger partial charge in [-0.05, 0) is 187 Å². The van der Waals surface area contributed by atoms with Crippen LogP contribution in [0, 0.1) is 5.92 Å². The van der Waals surface area contributed by atoms with Crippen LogP contribution in [0.25, 0.3) is 0 Å². The third kappa shape index (κ3) is 76.0. The molecule has 2 N–H and O–H groups in total. The van der Waals surface area contributed by atoms with Crippen molar-refractivity contribution in [3.05, 3.63) is 97.2 Å². The molecule has 0 heterocycles. The Morgan fingerprint density at radius 2 is 0.547 bits per heavy atom. The number of hydrogen-bond donors (Lipinski definition) is 2. The molecule has 0 unspecified atom stereocenters. The van der Waals surface area contributed by atoms with Crippen LogP contribution < -0.4 is 10.6 Å². The predicted molar refractivity (Wildman–Crippen MR) is 421 cm³/mol. The summed E-state index contributed by atoms with van der Waals surface area (Å²) in [5.74, 6) is 0.514. The molecule has 0 spiro atoms. The summed E-state index contributed by atoms with van der Waals surface area (Å²) >= 11 is 0. The lowest BCUT2D eigenvalue weighted by Gasteiger charge is -2.22. The van der Waals surface area contributed by atoms with E-state index in [1.807, 2.05) is 0 Å². The highest BCUT2D eigenvalue weighted by atomic mass is 16.6. The third-order valence-electron chi connectivity index (χ3n) is 18.7. The average Bonchev–Trinajstić information content (AvgIpc) is 3.18. The highest BCUT2D eigenvalue weighted by Crippen LogP contribution is 2.21. The molecule has 0 saturated heterocycles. The predicted octanol–water partition coefficient (Wildman–Crippen LogP) is 26.9. The van der Waals surface area contributed by atoms with E-state index in [2.05, 4.69) is 159 Å². The van der Waals surface area contributed by atoms with Crippen molar-refractivity contribution in [1.29, 1.82) is 0 Å². The Balaban J connectivity index is 4.73. The van der Waals surface area contributed by atoms with Crippen LogP contribution in [0.1, 0.15) is 374 Å². The minimum atomic E-state index is -0.266. The lowest BCUT2D eigenvalue weighted by Crippen LogP contribution is -2.36. The lowest BCUT2D eigenvalue weighted by atomic mass is 9.94. The van der Waals surface area contributed by atoms with E-state index >= 15 is 0 Å². The largest absolute Gasteiger partial charge is 0.450 e. The van der Waals surface area contributed by atoms with Gasteiger partial charge in [0.05, 0.1) is 13.2 Å². The van der Waals surface area contributed by atoms with E-state index < -0.39 is 0 Å². The summed E-state index contributed by atoms with van der Waals surface area (Å²) in [7, 11) is 4.30. The molecule has 8 heteroatoms. The Bertz CT molecular complexity index is 1720. The number of nitrogens with zero attached hydrogens (tertiary/aromatic N) is 2. The highest BCUT2D eigenvalue weighted by molar-refractivity contribution is 5.67. The molecule has 0 aromatic carbocycles. The van der Waals surface area contributed by atoms with E-state index in [0.717, 1.165) is 96.9 Å². The third-order valence-corrected chi connectivity index (χ3v) is 18.7. The Kier molecular flexibility index (Phi) is 76.3. The minimum Gasteiger partial charge on any atom is -0.450 e. The topological polar surface area (TPSA) is 83.1 Å². The number of ether oxygens (including phenoxy) is 2. The Hall–Kier alpha value is -3.62. The van der Waals surface area contributed by atoms with Gasteiger partial charge in [0, 0.05) is 38.8 Å². The van der Waals surface area contributed by atoms with E-state index in [9.17, 15) is 9.59 Å². The van der Waals surface area contributed by atoms with Crippen molar-refractivity contribution in [3.8, 4) is 0 Å². The number of likely N-dealkylation sites (N-methyl/N-ethyl adjacent to an activating group) is 2. The second-order valence-electron chi connectivity index (χ2n) is 28.2. The van der Waals surface area contributed by atoms with Gasteiger partial charge in [0.25, 0.3) is 0 Å². The van der Waals surface area contributed by atoms with Gasteiger partial charge in [0.15, 0.2) is 0 Å². The Labute approximate surface area is 592 Å². The maximum atomic E-state index is 13.1. The quantitative estimate of drug-likeness (QED) is 0.0466. The molecule has 0 rings (SSSR count). The molecule has 0 aromatic heterocycles. The van der Waals surface area contributed by atoms with E-state index in [0.29, 0.717) is 19.1 Å². The summed E-state index contributed by atoms with van der Waals surface area (Å²) in [6, 6.07) is 0.186. The second kappa shape index (κ2) is 79.4. The molecule has 0 radical (unpaired) electrons. The van der Waals surface area contributed by atoms with Crippen LogP contribution >= 0.6 is 0 Å². The van der Waals surface area contributed by atoms with Gasteiger partial charge >= 0.3 is 12.2 Å². The van der Waals surface area contributed by atoms with Crippen LogP contribution in [0.4, 0.5) is 9.59 Å². The zero-order chi connectivity index (χ0) is 68.7. The number of alkyl carbamates (subject to hydrolysis) is 2. The molecular formula is C87H160N4O4. The summed E-state index contributed by atoms with van der Waals surface area (Å²) < 4.78 is 11.5. The molecule has 0 fully saturated rings. The first-order valence-electron chi connectivity index (χ1n) is 41.3. The van der Waals surface area contributed by atoms with Gasteiger partial charge in [0.1, 0.15) is 0 Å². The highest BCUT2D eigenvalue weighted by Gasteiger charge is 2.15. The SMILES string of the molecule is CCCCCC=CCC=CCCCCCCCCC(CCCCCCCCC=CCC=CCCCCC)CNC(=O)OCCCN(C)CCN(C)CCCOC(=O)NC(CCCCCCCCC=CCC=CCCCCC)CCCCCCCCC=CCC=CCCCCC. The van der Waals surface area contributed by atoms with Crippen LogP contribution in [0.5, 0.6) is 0 Å². The van der Waals surface area contributed by atoms with Crippen molar-refractivity contribution < 1.29 is 19.1 Å². The fourth-order valence-corrected chi connectivity index (χ4v) is 12.3. The first-order valence-corrected chi connectivity index (χ1v) is 41.3.